The molecule has 3 aromatic rings. The maximum absolute atomic E-state index is 13.7. The smallest absolute Gasteiger partial charge is 0.251 e. The van der Waals surface area contributed by atoms with Crippen LogP contribution in [0.2, 0.25) is 0 Å². The van der Waals surface area contributed by atoms with Gasteiger partial charge in [0, 0.05) is 25.7 Å². The van der Waals surface area contributed by atoms with Crippen molar-refractivity contribution in [3.63, 3.8) is 0 Å². The Morgan fingerprint density at radius 1 is 0.967 bits per heavy atom. The molecule has 0 saturated heterocycles. The van der Waals surface area contributed by atoms with Crippen LogP contribution in [0, 0.1) is 12.7 Å². The zero-order valence-electron chi connectivity index (χ0n) is 17.0. The highest BCUT2D eigenvalue weighted by atomic mass is 19.1. The molecule has 0 unspecified atom stereocenters. The normalized spacial score (nSPS) is 11.2. The Labute approximate surface area is 175 Å². The molecule has 1 heterocycles. The van der Waals surface area contributed by atoms with Crippen LogP contribution in [0.15, 0.2) is 70.3 Å². The van der Waals surface area contributed by atoms with E-state index >= 15 is 0 Å². The van der Waals surface area contributed by atoms with Crippen molar-refractivity contribution in [1.29, 1.82) is 0 Å². The molecule has 0 atom stereocenters. The number of guanidine groups is 1. The van der Waals surface area contributed by atoms with Crippen molar-refractivity contribution in [2.45, 2.75) is 26.6 Å². The maximum atomic E-state index is 13.7. The van der Waals surface area contributed by atoms with Crippen molar-refractivity contribution in [3.8, 4) is 0 Å². The first-order valence-corrected chi connectivity index (χ1v) is 9.64. The van der Waals surface area contributed by atoms with E-state index in [0.29, 0.717) is 42.5 Å². The summed E-state index contributed by atoms with van der Waals surface area (Å²) in [6.45, 7) is 3.01. The van der Waals surface area contributed by atoms with Gasteiger partial charge in [0.25, 0.3) is 5.91 Å². The predicted molar refractivity (Wildman–Crippen MR) is 114 cm³/mol. The number of furan rings is 1. The number of hydrogen-bond donors (Lipinski definition) is 3. The number of halogens is 1. The summed E-state index contributed by atoms with van der Waals surface area (Å²) in [5.41, 5.74) is 2.95. The fourth-order valence-electron chi connectivity index (χ4n) is 2.84. The maximum Gasteiger partial charge on any atom is 0.251 e. The zero-order valence-corrected chi connectivity index (χ0v) is 17.0. The average Bonchev–Trinajstić information content (AvgIpc) is 3.28. The van der Waals surface area contributed by atoms with Crippen LogP contribution in [0.3, 0.4) is 0 Å². The topological polar surface area (TPSA) is 78.7 Å². The Balaban J connectivity index is 1.51. The minimum Gasteiger partial charge on any atom is -0.467 e. The Bertz CT molecular complexity index is 1020. The van der Waals surface area contributed by atoms with Crippen LogP contribution in [0.25, 0.3) is 0 Å². The van der Waals surface area contributed by atoms with Gasteiger partial charge in [-0.15, -0.1) is 0 Å². The monoisotopic (exact) mass is 408 g/mol. The minimum atomic E-state index is -0.223. The second kappa shape index (κ2) is 10.2. The van der Waals surface area contributed by atoms with Gasteiger partial charge in [-0.3, -0.25) is 9.79 Å². The van der Waals surface area contributed by atoms with Gasteiger partial charge >= 0.3 is 0 Å². The number of nitrogens with one attached hydrogen (secondary N) is 3. The van der Waals surface area contributed by atoms with Gasteiger partial charge in [-0.2, -0.15) is 0 Å². The molecule has 0 spiro atoms. The number of benzene rings is 2. The largest absolute Gasteiger partial charge is 0.467 e. The molecule has 0 bridgehead atoms. The van der Waals surface area contributed by atoms with Gasteiger partial charge < -0.3 is 20.4 Å². The standard InChI is InChI=1S/C23H25FN4O2/c1-16-8-9-18(12-21(16)24)14-28-23(25-2)27-13-17-5-3-6-19(11-17)22(29)26-15-20-7-4-10-30-20/h3-12H,13-15H2,1-2H3,(H,26,29)(H2,25,27,28). The van der Waals surface area contributed by atoms with Crippen molar-refractivity contribution in [1.82, 2.24) is 16.0 Å². The highest BCUT2D eigenvalue weighted by Crippen LogP contribution is 2.09. The molecule has 2 aromatic carbocycles. The van der Waals surface area contributed by atoms with E-state index < -0.39 is 0 Å². The molecule has 0 radical (unpaired) electrons. The van der Waals surface area contributed by atoms with Gasteiger partial charge in [-0.05, 0) is 53.9 Å². The van der Waals surface area contributed by atoms with Crippen molar-refractivity contribution in [2.24, 2.45) is 4.99 Å². The second-order valence-corrected chi connectivity index (χ2v) is 6.83. The van der Waals surface area contributed by atoms with E-state index in [1.807, 2.05) is 30.3 Å². The molecule has 30 heavy (non-hydrogen) atoms. The lowest BCUT2D eigenvalue weighted by atomic mass is 10.1. The van der Waals surface area contributed by atoms with Crippen LogP contribution < -0.4 is 16.0 Å². The highest BCUT2D eigenvalue weighted by Gasteiger charge is 2.08. The zero-order chi connectivity index (χ0) is 21.3. The number of nitrogens with zero attached hydrogens (tertiary/aromatic N) is 1. The van der Waals surface area contributed by atoms with Crippen LogP contribution in [-0.2, 0) is 19.6 Å². The third-order valence-corrected chi connectivity index (χ3v) is 4.57. The summed E-state index contributed by atoms with van der Waals surface area (Å²) in [4.78, 5) is 16.5. The van der Waals surface area contributed by atoms with Gasteiger partial charge in [-0.1, -0.05) is 24.3 Å². The Morgan fingerprint density at radius 2 is 1.73 bits per heavy atom. The van der Waals surface area contributed by atoms with Crippen LogP contribution in [-0.4, -0.2) is 18.9 Å². The molecule has 3 N–H and O–H groups in total. The molecule has 3 rings (SSSR count). The van der Waals surface area contributed by atoms with Gasteiger partial charge in [0.15, 0.2) is 5.96 Å². The Hall–Kier alpha value is -3.61. The lowest BCUT2D eigenvalue weighted by Gasteiger charge is -2.13. The molecule has 0 fully saturated rings. The number of aryl methyl sites for hydroxylation is 1. The first-order valence-electron chi connectivity index (χ1n) is 9.64. The third-order valence-electron chi connectivity index (χ3n) is 4.57. The molecular formula is C23H25FN4O2. The lowest BCUT2D eigenvalue weighted by Crippen LogP contribution is -2.36. The molecule has 1 amide bonds. The molecule has 156 valence electrons. The lowest BCUT2D eigenvalue weighted by molar-refractivity contribution is 0.0948. The van der Waals surface area contributed by atoms with Crippen molar-refractivity contribution in [2.75, 3.05) is 7.05 Å². The highest BCUT2D eigenvalue weighted by molar-refractivity contribution is 5.94. The molecule has 0 aliphatic heterocycles. The molecule has 0 aliphatic carbocycles. The number of carbonyl (C=O) groups is 1. The summed E-state index contributed by atoms with van der Waals surface area (Å²) < 4.78 is 18.9. The quantitative estimate of drug-likeness (QED) is 0.413. The third kappa shape index (κ3) is 5.94. The molecule has 1 aromatic heterocycles. The fourth-order valence-corrected chi connectivity index (χ4v) is 2.84. The van der Waals surface area contributed by atoms with Crippen LogP contribution in [0.5, 0.6) is 0 Å². The van der Waals surface area contributed by atoms with E-state index in [1.54, 1.807) is 38.4 Å². The average molecular weight is 408 g/mol. The summed E-state index contributed by atoms with van der Waals surface area (Å²) in [5, 5.41) is 9.19. The number of amides is 1. The van der Waals surface area contributed by atoms with Crippen LogP contribution in [0.4, 0.5) is 4.39 Å². The van der Waals surface area contributed by atoms with E-state index in [1.165, 1.54) is 6.07 Å². The van der Waals surface area contributed by atoms with E-state index in [2.05, 4.69) is 20.9 Å². The van der Waals surface area contributed by atoms with Crippen molar-refractivity contribution >= 4 is 11.9 Å². The SMILES string of the molecule is CN=C(NCc1cccc(C(=O)NCc2ccco2)c1)NCc1ccc(C)c(F)c1. The number of carbonyl (C=O) groups excluding carboxylic acids is 1. The van der Waals surface area contributed by atoms with E-state index in [-0.39, 0.29) is 11.7 Å². The van der Waals surface area contributed by atoms with E-state index in [0.717, 1.165) is 11.1 Å². The summed E-state index contributed by atoms with van der Waals surface area (Å²) in [6.07, 6.45) is 1.57. The summed E-state index contributed by atoms with van der Waals surface area (Å²) >= 11 is 0. The molecule has 0 aliphatic rings. The number of rotatable bonds is 7. The van der Waals surface area contributed by atoms with Gasteiger partial charge in [-0.25, -0.2) is 4.39 Å². The van der Waals surface area contributed by atoms with Gasteiger partial charge in [0.1, 0.15) is 11.6 Å². The molecule has 7 heteroatoms. The van der Waals surface area contributed by atoms with Crippen molar-refractivity contribution < 1.29 is 13.6 Å². The summed E-state index contributed by atoms with van der Waals surface area (Å²) in [6, 6.07) is 16.1. The predicted octanol–water partition coefficient (Wildman–Crippen LogP) is 3.52. The number of hydrogen-bond acceptors (Lipinski definition) is 3. The van der Waals surface area contributed by atoms with Crippen molar-refractivity contribution in [3.05, 3.63) is 94.7 Å². The van der Waals surface area contributed by atoms with Crippen LogP contribution in [0.1, 0.15) is 32.8 Å². The number of aliphatic imine (C=N–C) groups is 1. The Morgan fingerprint density at radius 3 is 2.40 bits per heavy atom. The van der Waals surface area contributed by atoms with E-state index in [4.69, 9.17) is 4.42 Å². The summed E-state index contributed by atoms with van der Waals surface area (Å²) in [7, 11) is 1.67. The van der Waals surface area contributed by atoms with Gasteiger partial charge in [0.05, 0.1) is 12.8 Å². The molecule has 0 saturated carbocycles. The molecule has 6 nitrogen and oxygen atoms in total. The summed E-state index contributed by atoms with van der Waals surface area (Å²) in [5.74, 6) is 0.893. The van der Waals surface area contributed by atoms with E-state index in [9.17, 15) is 9.18 Å². The van der Waals surface area contributed by atoms with Gasteiger partial charge in [0.2, 0.25) is 0 Å². The Kier molecular flexibility index (Phi) is 7.21. The van der Waals surface area contributed by atoms with Crippen LogP contribution >= 0.6 is 0 Å². The fraction of sp³-hybridized carbons (Fsp3) is 0.217. The first-order chi connectivity index (χ1) is 14.5. The first kappa shape index (κ1) is 21.1. The molecular weight excluding hydrogens is 383 g/mol. The second-order valence-electron chi connectivity index (χ2n) is 6.83. The minimum absolute atomic E-state index is 0.169.